The molecule has 1 atom stereocenters. The molecule has 2 heteroatoms. The number of hydrogen-bond donors (Lipinski definition) is 0. The second kappa shape index (κ2) is 7.68. The summed E-state index contributed by atoms with van der Waals surface area (Å²) < 4.78 is 0. The molecule has 0 saturated carbocycles. The molecule has 0 fully saturated rings. The van der Waals surface area contributed by atoms with Crippen LogP contribution in [0.2, 0.25) is 0 Å². The van der Waals surface area contributed by atoms with E-state index in [2.05, 4.69) is 122 Å². The maximum atomic E-state index is 5.18. The van der Waals surface area contributed by atoms with Gasteiger partial charge in [-0.3, -0.25) is 5.01 Å². The van der Waals surface area contributed by atoms with Crippen molar-refractivity contribution >= 4 is 43.7 Å². The van der Waals surface area contributed by atoms with Gasteiger partial charge in [-0.2, -0.15) is 5.10 Å². The first-order valence-electron chi connectivity index (χ1n) is 12.3. The van der Waals surface area contributed by atoms with Crippen LogP contribution in [0, 0.1) is 13.8 Å². The van der Waals surface area contributed by atoms with Crippen LogP contribution in [0.1, 0.15) is 34.7 Å². The summed E-state index contributed by atoms with van der Waals surface area (Å²) in [5.41, 5.74) is 7.31. The van der Waals surface area contributed by atoms with E-state index in [1.807, 2.05) is 0 Å². The van der Waals surface area contributed by atoms with Gasteiger partial charge < -0.3 is 0 Å². The van der Waals surface area contributed by atoms with Crippen LogP contribution in [0.4, 0.5) is 5.69 Å². The summed E-state index contributed by atoms with van der Waals surface area (Å²) in [5.74, 6) is 0. The molecule has 0 bridgehead atoms. The number of nitrogens with zero attached hydrogens (tertiary/aromatic N) is 2. The van der Waals surface area contributed by atoms with Crippen LogP contribution < -0.4 is 5.01 Å². The van der Waals surface area contributed by atoms with Gasteiger partial charge in [0.2, 0.25) is 0 Å². The minimum absolute atomic E-state index is 0.149. The summed E-state index contributed by atoms with van der Waals surface area (Å²) in [6, 6.07) is 38.0. The summed E-state index contributed by atoms with van der Waals surface area (Å²) in [6.45, 7) is 4.26. The van der Waals surface area contributed by atoms with Crippen LogP contribution in [0.15, 0.2) is 108 Å². The second-order valence-electron chi connectivity index (χ2n) is 9.87. The first kappa shape index (κ1) is 20.2. The zero-order valence-corrected chi connectivity index (χ0v) is 20.0. The predicted molar refractivity (Wildman–Crippen MR) is 149 cm³/mol. The molecule has 0 aliphatic carbocycles. The molecule has 0 aromatic heterocycles. The van der Waals surface area contributed by atoms with E-state index in [9.17, 15) is 0 Å². The van der Waals surface area contributed by atoms with Gasteiger partial charge in [-0.05, 0) is 81.6 Å². The van der Waals surface area contributed by atoms with Crippen LogP contribution in [0.3, 0.4) is 0 Å². The lowest BCUT2D eigenvalue weighted by molar-refractivity contribution is 0.710. The molecule has 0 spiro atoms. The van der Waals surface area contributed by atoms with E-state index >= 15 is 0 Å². The van der Waals surface area contributed by atoms with E-state index < -0.39 is 0 Å². The Hall–Kier alpha value is -4.17. The molecule has 35 heavy (non-hydrogen) atoms. The first-order chi connectivity index (χ1) is 17.1. The van der Waals surface area contributed by atoms with E-state index in [-0.39, 0.29) is 6.04 Å². The Labute approximate surface area is 205 Å². The van der Waals surface area contributed by atoms with E-state index in [1.54, 1.807) is 0 Å². The van der Waals surface area contributed by atoms with Crippen LogP contribution in [0.25, 0.3) is 32.3 Å². The Morgan fingerprint density at radius 3 is 1.80 bits per heavy atom. The molecule has 1 aliphatic rings. The number of hydrogen-bond acceptors (Lipinski definition) is 2. The Kier molecular flexibility index (Phi) is 4.44. The number of rotatable bonds is 3. The maximum absolute atomic E-state index is 5.18. The van der Waals surface area contributed by atoms with Crippen molar-refractivity contribution in [2.75, 3.05) is 5.01 Å². The second-order valence-corrected chi connectivity index (χ2v) is 9.87. The molecular weight excluding hydrogens is 424 g/mol. The third-order valence-electron chi connectivity index (χ3n) is 7.46. The van der Waals surface area contributed by atoms with Crippen molar-refractivity contribution in [3.63, 3.8) is 0 Å². The fourth-order valence-corrected chi connectivity index (χ4v) is 5.60. The van der Waals surface area contributed by atoms with Gasteiger partial charge >= 0.3 is 0 Å². The van der Waals surface area contributed by atoms with Crippen LogP contribution in [0.5, 0.6) is 0 Å². The largest absolute Gasteiger partial charge is 0.257 e. The van der Waals surface area contributed by atoms with Crippen molar-refractivity contribution in [2.45, 2.75) is 26.3 Å². The van der Waals surface area contributed by atoms with Crippen LogP contribution >= 0.6 is 0 Å². The third kappa shape index (κ3) is 3.29. The smallest absolute Gasteiger partial charge is 0.0832 e. The van der Waals surface area contributed by atoms with Crippen molar-refractivity contribution < 1.29 is 0 Å². The molecule has 0 amide bonds. The SMILES string of the molecule is Cc1ccc(C2=NN(c3ccc(C)cc3)C(c3cc4ccc5cccc6ccc(c3)c4c56)C2)cc1. The normalized spacial score (nSPS) is 16.0. The fourth-order valence-electron chi connectivity index (χ4n) is 5.60. The molecule has 0 saturated heterocycles. The predicted octanol–water partition coefficient (Wildman–Crippen LogP) is 8.56. The molecule has 2 nitrogen and oxygen atoms in total. The highest BCUT2D eigenvalue weighted by Gasteiger charge is 2.30. The summed E-state index contributed by atoms with van der Waals surface area (Å²) in [7, 11) is 0. The number of benzene rings is 6. The fraction of sp³-hybridized carbons (Fsp3) is 0.121. The minimum Gasteiger partial charge on any atom is -0.257 e. The van der Waals surface area contributed by atoms with Crippen molar-refractivity contribution in [1.82, 2.24) is 0 Å². The van der Waals surface area contributed by atoms with Gasteiger partial charge in [-0.1, -0.05) is 90.0 Å². The highest BCUT2D eigenvalue weighted by Crippen LogP contribution is 2.41. The molecule has 1 heterocycles. The molecule has 6 aromatic carbocycles. The number of anilines is 1. The van der Waals surface area contributed by atoms with Gasteiger partial charge in [0, 0.05) is 6.42 Å². The zero-order valence-electron chi connectivity index (χ0n) is 20.0. The molecule has 7 rings (SSSR count). The van der Waals surface area contributed by atoms with Gasteiger partial charge in [0.15, 0.2) is 0 Å². The van der Waals surface area contributed by atoms with E-state index in [0.29, 0.717) is 0 Å². The molecule has 168 valence electrons. The van der Waals surface area contributed by atoms with Crippen molar-refractivity contribution in [3.8, 4) is 0 Å². The highest BCUT2D eigenvalue weighted by molar-refractivity contribution is 6.23. The molecule has 1 unspecified atom stereocenters. The summed E-state index contributed by atoms with van der Waals surface area (Å²) in [6.07, 6.45) is 0.879. The van der Waals surface area contributed by atoms with Gasteiger partial charge in [-0.25, -0.2) is 0 Å². The Morgan fingerprint density at radius 2 is 1.17 bits per heavy atom. The van der Waals surface area contributed by atoms with Crippen molar-refractivity contribution in [1.29, 1.82) is 0 Å². The van der Waals surface area contributed by atoms with Crippen molar-refractivity contribution in [2.24, 2.45) is 5.10 Å². The average molecular weight is 451 g/mol. The third-order valence-corrected chi connectivity index (χ3v) is 7.46. The maximum Gasteiger partial charge on any atom is 0.0832 e. The summed E-state index contributed by atoms with van der Waals surface area (Å²) >= 11 is 0. The average Bonchev–Trinajstić information content (AvgIpc) is 3.33. The first-order valence-corrected chi connectivity index (χ1v) is 12.3. The Morgan fingerprint density at radius 1 is 0.629 bits per heavy atom. The Balaban J connectivity index is 1.39. The summed E-state index contributed by atoms with van der Waals surface area (Å²) in [4.78, 5) is 0. The standard InChI is InChI=1S/C33H26N2/c1-21-6-10-23(11-7-21)30-20-31(35(34-30)29-16-8-22(2)9-17-29)28-18-26-14-12-24-4-3-5-25-13-15-27(19-28)33(26)32(24)25/h3-19,31H,20H2,1-2H3. The molecule has 0 radical (unpaired) electrons. The van der Waals surface area contributed by atoms with Gasteiger partial charge in [-0.15, -0.1) is 0 Å². The number of hydrazone groups is 1. The molecular formula is C33H26N2. The van der Waals surface area contributed by atoms with Crippen LogP contribution in [-0.2, 0) is 0 Å². The van der Waals surface area contributed by atoms with Gasteiger partial charge in [0.05, 0.1) is 17.4 Å². The minimum atomic E-state index is 0.149. The molecule has 0 N–H and O–H groups in total. The Bertz CT molecular complexity index is 1660. The monoisotopic (exact) mass is 450 g/mol. The summed E-state index contributed by atoms with van der Waals surface area (Å²) in [5, 5.41) is 15.3. The zero-order chi connectivity index (χ0) is 23.5. The van der Waals surface area contributed by atoms with E-state index in [4.69, 9.17) is 5.10 Å². The van der Waals surface area contributed by atoms with Crippen molar-refractivity contribution in [3.05, 3.63) is 125 Å². The van der Waals surface area contributed by atoms with Crippen LogP contribution in [-0.4, -0.2) is 5.71 Å². The van der Waals surface area contributed by atoms with E-state index in [0.717, 1.165) is 17.8 Å². The quantitative estimate of drug-likeness (QED) is 0.247. The lowest BCUT2D eigenvalue weighted by Gasteiger charge is -2.25. The van der Waals surface area contributed by atoms with Gasteiger partial charge in [0.25, 0.3) is 0 Å². The number of aryl methyl sites for hydroxylation is 2. The molecule has 6 aromatic rings. The lowest BCUT2D eigenvalue weighted by Crippen LogP contribution is -2.18. The molecule has 1 aliphatic heterocycles. The topological polar surface area (TPSA) is 15.6 Å². The lowest BCUT2D eigenvalue weighted by atomic mass is 9.90. The highest BCUT2D eigenvalue weighted by atomic mass is 15.5. The van der Waals surface area contributed by atoms with E-state index in [1.165, 1.54) is 54.6 Å². The van der Waals surface area contributed by atoms with Gasteiger partial charge in [0.1, 0.15) is 0 Å².